The SMILES string of the molecule is Fc1cccc(-n2cccc2[C@H]2[C@H](c3ccccn3)NC(=S)N2c2ccc(Oc3ccccc3)cc2)c1. The Balaban J connectivity index is 1.41. The number of nitrogens with one attached hydrogen (secondary N) is 1. The molecule has 0 saturated carbocycles. The van der Waals surface area contributed by atoms with Crippen molar-refractivity contribution in [3.8, 4) is 17.2 Å². The van der Waals surface area contributed by atoms with Crippen LogP contribution < -0.4 is 15.0 Å². The van der Waals surface area contributed by atoms with E-state index in [9.17, 15) is 4.39 Å². The minimum Gasteiger partial charge on any atom is -0.457 e. The second kappa shape index (κ2) is 9.87. The van der Waals surface area contributed by atoms with Gasteiger partial charge in [0, 0.05) is 29.5 Å². The van der Waals surface area contributed by atoms with Crippen molar-refractivity contribution in [3.05, 3.63) is 139 Å². The molecular weight excluding hydrogens is 483 g/mol. The standard InChI is InChI=1S/C30H23FN4OS/c31-21-8-6-9-23(20-21)34-19-7-13-27(34)29-28(26-12-4-5-18-32-26)33-30(37)35(29)22-14-16-25(17-15-22)36-24-10-2-1-3-11-24/h1-20,28-29H,(H,33,37)/t28-,29-/m0/s1. The number of pyridine rings is 1. The van der Waals surface area contributed by atoms with Crippen LogP contribution in [0, 0.1) is 5.82 Å². The topological polar surface area (TPSA) is 42.3 Å². The van der Waals surface area contributed by atoms with Crippen LogP contribution in [0.15, 0.2) is 122 Å². The summed E-state index contributed by atoms with van der Waals surface area (Å²) >= 11 is 5.86. The van der Waals surface area contributed by atoms with Crippen LogP contribution in [0.25, 0.3) is 5.69 Å². The van der Waals surface area contributed by atoms with Gasteiger partial charge in [-0.25, -0.2) is 4.39 Å². The largest absolute Gasteiger partial charge is 0.457 e. The van der Waals surface area contributed by atoms with Crippen LogP contribution in [0.4, 0.5) is 10.1 Å². The van der Waals surface area contributed by atoms with Gasteiger partial charge in [-0.2, -0.15) is 0 Å². The number of ether oxygens (including phenoxy) is 1. The van der Waals surface area contributed by atoms with E-state index in [4.69, 9.17) is 17.0 Å². The first kappa shape index (κ1) is 22.9. The van der Waals surface area contributed by atoms with E-state index in [0.717, 1.165) is 34.3 Å². The number of aromatic nitrogens is 2. The molecule has 1 saturated heterocycles. The molecule has 0 bridgehead atoms. The highest BCUT2D eigenvalue weighted by atomic mass is 32.1. The zero-order valence-corrected chi connectivity index (χ0v) is 20.6. The van der Waals surface area contributed by atoms with Crippen LogP contribution in [0.1, 0.15) is 23.5 Å². The number of hydrogen-bond donors (Lipinski definition) is 1. The maximum Gasteiger partial charge on any atom is 0.174 e. The number of anilines is 1. The van der Waals surface area contributed by atoms with Crippen molar-refractivity contribution in [1.29, 1.82) is 0 Å². The van der Waals surface area contributed by atoms with Crippen molar-refractivity contribution in [1.82, 2.24) is 14.9 Å². The Morgan fingerprint density at radius 1 is 0.784 bits per heavy atom. The molecule has 0 aliphatic carbocycles. The highest BCUT2D eigenvalue weighted by Crippen LogP contribution is 2.42. The Hall–Kier alpha value is -4.49. The van der Waals surface area contributed by atoms with E-state index in [-0.39, 0.29) is 17.9 Å². The number of para-hydroxylation sites is 1. The summed E-state index contributed by atoms with van der Waals surface area (Å²) in [6.07, 6.45) is 3.72. The van der Waals surface area contributed by atoms with E-state index < -0.39 is 0 Å². The monoisotopic (exact) mass is 506 g/mol. The maximum atomic E-state index is 14.1. The molecule has 37 heavy (non-hydrogen) atoms. The van der Waals surface area contributed by atoms with Gasteiger partial charge in [-0.1, -0.05) is 30.3 Å². The second-order valence-corrected chi connectivity index (χ2v) is 9.08. The Labute approximate surface area is 219 Å². The van der Waals surface area contributed by atoms with Crippen LogP contribution >= 0.6 is 12.2 Å². The van der Waals surface area contributed by atoms with E-state index in [0.29, 0.717) is 5.11 Å². The van der Waals surface area contributed by atoms with E-state index in [1.807, 2.05) is 102 Å². The highest BCUT2D eigenvalue weighted by Gasteiger charge is 2.42. The Bertz CT molecular complexity index is 1520. The number of halogens is 1. The lowest BCUT2D eigenvalue weighted by Gasteiger charge is -2.29. The molecule has 6 rings (SSSR count). The van der Waals surface area contributed by atoms with E-state index in [2.05, 4.69) is 15.2 Å². The van der Waals surface area contributed by atoms with Gasteiger partial charge < -0.3 is 19.5 Å². The van der Waals surface area contributed by atoms with Crippen LogP contribution in [0.2, 0.25) is 0 Å². The Morgan fingerprint density at radius 2 is 1.57 bits per heavy atom. The van der Waals surface area contributed by atoms with Crippen molar-refractivity contribution in [2.75, 3.05) is 4.90 Å². The van der Waals surface area contributed by atoms with Gasteiger partial charge in [0.15, 0.2) is 5.11 Å². The first-order chi connectivity index (χ1) is 18.2. The van der Waals surface area contributed by atoms with Crippen LogP contribution in [-0.2, 0) is 0 Å². The van der Waals surface area contributed by atoms with Crippen LogP contribution in [0.3, 0.4) is 0 Å². The summed E-state index contributed by atoms with van der Waals surface area (Å²) in [6, 6.07) is 33.5. The minimum absolute atomic E-state index is 0.212. The molecule has 5 nitrogen and oxygen atoms in total. The third-order valence-corrected chi connectivity index (χ3v) is 6.68. The summed E-state index contributed by atoms with van der Waals surface area (Å²) in [5.74, 6) is 1.22. The summed E-state index contributed by atoms with van der Waals surface area (Å²) in [7, 11) is 0. The summed E-state index contributed by atoms with van der Waals surface area (Å²) < 4.78 is 22.1. The molecule has 2 atom stereocenters. The fourth-order valence-corrected chi connectivity index (χ4v) is 5.08. The van der Waals surface area contributed by atoms with Gasteiger partial charge in [-0.3, -0.25) is 4.98 Å². The minimum atomic E-state index is -0.288. The van der Waals surface area contributed by atoms with E-state index in [1.54, 1.807) is 12.3 Å². The summed E-state index contributed by atoms with van der Waals surface area (Å²) in [6.45, 7) is 0. The predicted molar refractivity (Wildman–Crippen MR) is 147 cm³/mol. The molecule has 0 spiro atoms. The lowest BCUT2D eigenvalue weighted by Crippen LogP contribution is -2.30. The third kappa shape index (κ3) is 4.57. The van der Waals surface area contributed by atoms with E-state index in [1.165, 1.54) is 12.1 Å². The quantitative estimate of drug-likeness (QED) is 0.252. The first-order valence-electron chi connectivity index (χ1n) is 11.9. The Morgan fingerprint density at radius 3 is 2.32 bits per heavy atom. The van der Waals surface area contributed by atoms with Gasteiger partial charge in [0.05, 0.1) is 11.7 Å². The normalized spacial score (nSPS) is 17.0. The number of nitrogens with zero attached hydrogens (tertiary/aromatic N) is 3. The molecule has 1 N–H and O–H groups in total. The fourth-order valence-electron chi connectivity index (χ4n) is 4.73. The fraction of sp³-hybridized carbons (Fsp3) is 0.0667. The molecule has 0 amide bonds. The van der Waals surface area contributed by atoms with Crippen molar-refractivity contribution in [2.24, 2.45) is 0 Å². The van der Waals surface area contributed by atoms with Crippen molar-refractivity contribution in [3.63, 3.8) is 0 Å². The molecule has 1 fully saturated rings. The molecule has 0 unspecified atom stereocenters. The number of hydrogen-bond acceptors (Lipinski definition) is 3. The number of benzene rings is 3. The van der Waals surface area contributed by atoms with Gasteiger partial charge >= 0.3 is 0 Å². The molecular formula is C30H23FN4OS. The number of rotatable bonds is 6. The zero-order chi connectivity index (χ0) is 25.2. The van der Waals surface area contributed by atoms with Gasteiger partial charge in [0.1, 0.15) is 23.4 Å². The van der Waals surface area contributed by atoms with Crippen molar-refractivity contribution in [2.45, 2.75) is 12.1 Å². The first-order valence-corrected chi connectivity index (χ1v) is 12.3. The molecule has 7 heteroatoms. The van der Waals surface area contributed by atoms with Gasteiger partial charge in [-0.05, 0) is 91.1 Å². The summed E-state index contributed by atoms with van der Waals surface area (Å²) in [5.41, 5.74) is 3.48. The van der Waals surface area contributed by atoms with Gasteiger partial charge in [0.25, 0.3) is 0 Å². The molecule has 182 valence electrons. The lowest BCUT2D eigenvalue weighted by molar-refractivity contribution is 0.482. The average Bonchev–Trinajstić information content (AvgIpc) is 3.55. The van der Waals surface area contributed by atoms with Gasteiger partial charge in [0.2, 0.25) is 0 Å². The molecule has 2 aromatic heterocycles. The van der Waals surface area contributed by atoms with Crippen molar-refractivity contribution >= 4 is 23.0 Å². The maximum absolute atomic E-state index is 14.1. The van der Waals surface area contributed by atoms with Crippen LogP contribution in [0.5, 0.6) is 11.5 Å². The van der Waals surface area contributed by atoms with Crippen LogP contribution in [-0.4, -0.2) is 14.7 Å². The molecule has 1 aliphatic heterocycles. The smallest absolute Gasteiger partial charge is 0.174 e. The molecule has 5 aromatic rings. The van der Waals surface area contributed by atoms with E-state index >= 15 is 0 Å². The van der Waals surface area contributed by atoms with Gasteiger partial charge in [-0.15, -0.1) is 0 Å². The zero-order valence-electron chi connectivity index (χ0n) is 19.7. The average molecular weight is 507 g/mol. The third-order valence-electron chi connectivity index (χ3n) is 6.36. The van der Waals surface area contributed by atoms with Crippen molar-refractivity contribution < 1.29 is 9.13 Å². The lowest BCUT2D eigenvalue weighted by atomic mass is 10.0. The second-order valence-electron chi connectivity index (χ2n) is 8.69. The number of thiocarbonyl (C=S) groups is 1. The highest BCUT2D eigenvalue weighted by molar-refractivity contribution is 7.80. The predicted octanol–water partition coefficient (Wildman–Crippen LogP) is 6.98. The molecule has 3 aromatic carbocycles. The molecule has 1 aliphatic rings. The Kier molecular flexibility index (Phi) is 6.12. The molecule has 0 radical (unpaired) electrons. The molecule has 3 heterocycles. The summed E-state index contributed by atoms with van der Waals surface area (Å²) in [4.78, 5) is 6.71. The summed E-state index contributed by atoms with van der Waals surface area (Å²) in [5, 5.41) is 4.07.